The molecule has 1 saturated carbocycles. The van der Waals surface area contributed by atoms with Crippen molar-refractivity contribution in [3.8, 4) is 5.75 Å². The van der Waals surface area contributed by atoms with E-state index >= 15 is 0 Å². The quantitative estimate of drug-likeness (QED) is 0.837. The summed E-state index contributed by atoms with van der Waals surface area (Å²) in [5.41, 5.74) is 5.42. The average molecular weight is 360 g/mol. The molecule has 0 unspecified atom stereocenters. The first-order chi connectivity index (χ1) is 13.1. The number of ether oxygens (including phenoxy) is 1. The molecule has 2 aromatic rings. The molecule has 27 heavy (non-hydrogen) atoms. The van der Waals surface area contributed by atoms with Crippen molar-refractivity contribution < 1.29 is 9.53 Å². The van der Waals surface area contributed by atoms with Gasteiger partial charge in [0.25, 0.3) is 5.91 Å². The molecular weight excluding hydrogens is 336 g/mol. The third kappa shape index (κ3) is 4.11. The summed E-state index contributed by atoms with van der Waals surface area (Å²) in [4.78, 5) is 17.4. The lowest BCUT2D eigenvalue weighted by molar-refractivity contribution is 0.0976. The number of allylic oxidation sites excluding steroid dienone is 1. The lowest BCUT2D eigenvalue weighted by Gasteiger charge is -2.08. The molecule has 1 heterocycles. The second-order valence-corrected chi connectivity index (χ2v) is 7.36. The van der Waals surface area contributed by atoms with Gasteiger partial charge in [0.2, 0.25) is 0 Å². The van der Waals surface area contributed by atoms with Crippen LogP contribution in [0.4, 0.5) is 0 Å². The fourth-order valence-corrected chi connectivity index (χ4v) is 3.34. The number of hydrogen-bond acceptors (Lipinski definition) is 3. The van der Waals surface area contributed by atoms with E-state index in [1.54, 1.807) is 31.4 Å². The van der Waals surface area contributed by atoms with Crippen molar-refractivity contribution in [1.29, 1.82) is 0 Å². The maximum absolute atomic E-state index is 12.6. The van der Waals surface area contributed by atoms with Crippen LogP contribution in [0.25, 0.3) is 5.57 Å². The summed E-state index contributed by atoms with van der Waals surface area (Å²) in [6.07, 6.45) is 4.25. The number of benzene rings is 2. The van der Waals surface area contributed by atoms with Gasteiger partial charge in [-0.15, -0.1) is 0 Å². The number of nitrogens with one attached hydrogen (secondary N) is 1. The molecule has 1 amide bonds. The number of amides is 1. The molecule has 4 nitrogen and oxygen atoms in total. The van der Waals surface area contributed by atoms with Crippen LogP contribution in [0.3, 0.4) is 0 Å². The van der Waals surface area contributed by atoms with Crippen LogP contribution < -0.4 is 10.1 Å². The fraction of sp³-hybridized carbons (Fsp3) is 0.304. The monoisotopic (exact) mass is 360 g/mol. The van der Waals surface area contributed by atoms with Gasteiger partial charge in [0, 0.05) is 17.7 Å². The molecule has 0 spiro atoms. The number of hydrogen-bond donors (Lipinski definition) is 1. The number of aliphatic imine (C=N–C) groups is 1. The van der Waals surface area contributed by atoms with E-state index in [0.717, 1.165) is 29.6 Å². The highest BCUT2D eigenvalue weighted by atomic mass is 16.5. The molecule has 0 aromatic heterocycles. The Morgan fingerprint density at radius 3 is 2.44 bits per heavy atom. The lowest BCUT2D eigenvalue weighted by Crippen LogP contribution is -2.29. The van der Waals surface area contributed by atoms with Crippen LogP contribution >= 0.6 is 0 Å². The highest BCUT2D eigenvalue weighted by Crippen LogP contribution is 2.40. The van der Waals surface area contributed by atoms with E-state index in [-0.39, 0.29) is 5.91 Å². The minimum Gasteiger partial charge on any atom is -0.497 e. The number of nitrogens with zero attached hydrogens (tertiary/aromatic N) is 1. The van der Waals surface area contributed by atoms with E-state index < -0.39 is 0 Å². The smallest absolute Gasteiger partial charge is 0.256 e. The number of amidine groups is 1. The highest BCUT2D eigenvalue weighted by molar-refractivity contribution is 6.11. The molecule has 0 atom stereocenters. The third-order valence-electron chi connectivity index (χ3n) is 5.15. The lowest BCUT2D eigenvalue weighted by atomic mass is 9.99. The van der Waals surface area contributed by atoms with Gasteiger partial charge >= 0.3 is 0 Å². The minimum atomic E-state index is -0.132. The fourth-order valence-electron chi connectivity index (χ4n) is 3.34. The van der Waals surface area contributed by atoms with Crippen LogP contribution in [-0.4, -0.2) is 18.9 Å². The van der Waals surface area contributed by atoms with Crippen molar-refractivity contribution in [2.24, 2.45) is 10.9 Å². The summed E-state index contributed by atoms with van der Waals surface area (Å²) < 4.78 is 5.15. The summed E-state index contributed by atoms with van der Waals surface area (Å²) in [7, 11) is 1.61. The maximum atomic E-state index is 12.6. The Balaban J connectivity index is 1.50. The van der Waals surface area contributed by atoms with Crippen LogP contribution in [0, 0.1) is 12.8 Å². The van der Waals surface area contributed by atoms with Gasteiger partial charge in [0.15, 0.2) is 0 Å². The van der Waals surface area contributed by atoms with E-state index in [2.05, 4.69) is 36.5 Å². The second kappa shape index (κ2) is 7.39. The maximum Gasteiger partial charge on any atom is 0.256 e. The van der Waals surface area contributed by atoms with Gasteiger partial charge < -0.3 is 10.1 Å². The number of carbonyl (C=O) groups is 1. The second-order valence-electron chi connectivity index (χ2n) is 7.36. The topological polar surface area (TPSA) is 50.7 Å². The van der Waals surface area contributed by atoms with E-state index in [4.69, 9.17) is 9.73 Å². The van der Waals surface area contributed by atoms with Crippen molar-refractivity contribution in [2.75, 3.05) is 7.11 Å². The molecule has 1 aliphatic heterocycles. The summed E-state index contributed by atoms with van der Waals surface area (Å²) >= 11 is 0. The first-order valence-corrected chi connectivity index (χ1v) is 9.44. The van der Waals surface area contributed by atoms with Crippen molar-refractivity contribution in [3.63, 3.8) is 0 Å². The Hall–Kier alpha value is -2.88. The molecule has 2 aromatic carbocycles. The van der Waals surface area contributed by atoms with Crippen LogP contribution in [0.5, 0.6) is 5.75 Å². The molecule has 4 rings (SSSR count). The molecule has 1 fully saturated rings. The van der Waals surface area contributed by atoms with Crippen LogP contribution in [0.2, 0.25) is 0 Å². The predicted molar refractivity (Wildman–Crippen MR) is 108 cm³/mol. The zero-order chi connectivity index (χ0) is 18.8. The first-order valence-electron chi connectivity index (χ1n) is 9.44. The van der Waals surface area contributed by atoms with Crippen LogP contribution in [0.15, 0.2) is 59.2 Å². The van der Waals surface area contributed by atoms with Gasteiger partial charge in [-0.1, -0.05) is 29.8 Å². The molecule has 0 radical (unpaired) electrons. The first kappa shape index (κ1) is 17.5. The Morgan fingerprint density at radius 2 is 1.81 bits per heavy atom. The van der Waals surface area contributed by atoms with Gasteiger partial charge in [-0.2, -0.15) is 0 Å². The molecule has 0 bridgehead atoms. The Bertz CT molecular complexity index is 904. The van der Waals surface area contributed by atoms with Gasteiger partial charge in [-0.25, -0.2) is 4.99 Å². The molecule has 138 valence electrons. The van der Waals surface area contributed by atoms with Crippen molar-refractivity contribution in [2.45, 2.75) is 32.6 Å². The zero-order valence-corrected chi connectivity index (χ0v) is 15.8. The van der Waals surface area contributed by atoms with Crippen LogP contribution in [0.1, 0.15) is 47.2 Å². The van der Waals surface area contributed by atoms with Crippen molar-refractivity contribution in [1.82, 2.24) is 5.32 Å². The largest absolute Gasteiger partial charge is 0.497 e. The normalized spacial score (nSPS) is 16.3. The average Bonchev–Trinajstić information content (AvgIpc) is 3.42. The number of methoxy groups -OCH3 is 1. The summed E-state index contributed by atoms with van der Waals surface area (Å²) in [6, 6.07) is 15.7. The molecule has 1 N–H and O–H groups in total. The molecule has 2 aliphatic rings. The highest BCUT2D eigenvalue weighted by Gasteiger charge is 2.28. The molecule has 4 heteroatoms. The minimum absolute atomic E-state index is 0.132. The SMILES string of the molecule is COc1ccc(C(=O)NC2=NC(CC3CC3)=C(c3ccc(C)cc3)C2)cc1. The van der Waals surface area contributed by atoms with Crippen molar-refractivity contribution >= 4 is 17.3 Å². The standard InChI is InChI=1S/C23H24N2O2/c1-15-3-7-17(8-4-15)20-14-22(24-21(20)13-16-5-6-16)25-23(26)18-9-11-19(27-2)12-10-18/h3-4,7-12,16H,5-6,13-14H2,1-2H3,(H,24,25,26). The molecule has 0 saturated heterocycles. The van der Waals surface area contributed by atoms with Gasteiger partial charge in [0.05, 0.1) is 7.11 Å². The summed E-state index contributed by atoms with van der Waals surface area (Å²) in [5, 5.41) is 3.00. The zero-order valence-electron chi connectivity index (χ0n) is 15.8. The Morgan fingerprint density at radius 1 is 1.11 bits per heavy atom. The van der Waals surface area contributed by atoms with E-state index in [1.165, 1.54) is 29.5 Å². The molecule has 1 aliphatic carbocycles. The van der Waals surface area contributed by atoms with Gasteiger partial charge in [-0.05, 0) is 67.5 Å². The van der Waals surface area contributed by atoms with Crippen molar-refractivity contribution in [3.05, 3.63) is 70.9 Å². The Kier molecular flexibility index (Phi) is 4.80. The third-order valence-corrected chi connectivity index (χ3v) is 5.15. The predicted octanol–water partition coefficient (Wildman–Crippen LogP) is 4.75. The number of rotatable bonds is 5. The Labute approximate surface area is 160 Å². The van der Waals surface area contributed by atoms with E-state index in [0.29, 0.717) is 12.0 Å². The summed E-state index contributed by atoms with van der Waals surface area (Å²) in [5.74, 6) is 2.09. The summed E-state index contributed by atoms with van der Waals surface area (Å²) in [6.45, 7) is 2.09. The van der Waals surface area contributed by atoms with Crippen LogP contribution in [-0.2, 0) is 0 Å². The van der Waals surface area contributed by atoms with Gasteiger partial charge in [0.1, 0.15) is 11.6 Å². The van der Waals surface area contributed by atoms with E-state index in [1.807, 2.05) is 0 Å². The van der Waals surface area contributed by atoms with E-state index in [9.17, 15) is 4.79 Å². The number of aryl methyl sites for hydroxylation is 1. The number of carbonyl (C=O) groups excluding carboxylic acids is 1. The van der Waals surface area contributed by atoms with Gasteiger partial charge in [-0.3, -0.25) is 4.79 Å². The molecular formula is C23H24N2O2.